The minimum Gasteiger partial charge on any atom is -0.473 e. The smallest absolute Gasteiger partial charge is 0.274 e. The molecule has 1 heterocycles. The molecule has 3 rings (SSSR count). The van der Waals surface area contributed by atoms with E-state index in [1.54, 1.807) is 0 Å². The molecule has 7 heteroatoms. The lowest BCUT2D eigenvalue weighted by molar-refractivity contribution is 0.102. The van der Waals surface area contributed by atoms with Gasteiger partial charge in [0.05, 0.1) is 5.69 Å². The van der Waals surface area contributed by atoms with Crippen molar-refractivity contribution in [2.75, 3.05) is 5.32 Å². The lowest BCUT2D eigenvalue weighted by atomic mass is 10.2. The Kier molecular flexibility index (Phi) is 4.94. The lowest BCUT2D eigenvalue weighted by Crippen LogP contribution is -2.15. The number of aromatic nitrogens is 2. The number of rotatable bonds is 5. The number of hydrogen-bond donors (Lipinski definition) is 1. The summed E-state index contributed by atoms with van der Waals surface area (Å²) in [4.78, 5) is 19.9. The molecule has 1 aromatic heterocycles. The third-order valence-electron chi connectivity index (χ3n) is 3.28. The summed E-state index contributed by atoms with van der Waals surface area (Å²) in [6, 6.07) is 13.7. The fraction of sp³-hybridized carbons (Fsp3) is 0.0556. The molecule has 0 radical (unpaired) electrons. The number of benzene rings is 2. The number of nitrogens with one attached hydrogen (secondary N) is 1. The van der Waals surface area contributed by atoms with Crippen LogP contribution >= 0.6 is 0 Å². The fourth-order valence-corrected chi connectivity index (χ4v) is 2.05. The molecular formula is C18H13F2N3O2. The molecular weight excluding hydrogens is 328 g/mol. The molecule has 0 spiro atoms. The number of carbonyl (C=O) groups excluding carboxylic acids is 1. The number of anilines is 1. The van der Waals surface area contributed by atoms with Crippen LogP contribution in [0.25, 0.3) is 0 Å². The Bertz CT molecular complexity index is 888. The summed E-state index contributed by atoms with van der Waals surface area (Å²) in [5.74, 6) is -2.04. The molecule has 126 valence electrons. The fourth-order valence-electron chi connectivity index (χ4n) is 2.05. The second kappa shape index (κ2) is 7.48. The number of nitrogens with zero attached hydrogens (tertiary/aromatic N) is 2. The van der Waals surface area contributed by atoms with Gasteiger partial charge in [-0.3, -0.25) is 4.79 Å². The molecule has 1 amide bonds. The Hall–Kier alpha value is -3.35. The van der Waals surface area contributed by atoms with Crippen LogP contribution in [0, 0.1) is 11.6 Å². The molecule has 0 aliphatic rings. The Morgan fingerprint density at radius 2 is 1.84 bits per heavy atom. The van der Waals surface area contributed by atoms with E-state index in [0.29, 0.717) is 6.07 Å². The number of halogens is 2. The van der Waals surface area contributed by atoms with Crippen molar-refractivity contribution in [3.8, 4) is 5.88 Å². The van der Waals surface area contributed by atoms with Crippen LogP contribution in [-0.4, -0.2) is 15.9 Å². The third-order valence-corrected chi connectivity index (χ3v) is 3.28. The number of ether oxygens (including phenoxy) is 1. The van der Waals surface area contributed by atoms with E-state index in [9.17, 15) is 13.6 Å². The van der Waals surface area contributed by atoms with Gasteiger partial charge in [0.25, 0.3) is 5.91 Å². The van der Waals surface area contributed by atoms with Gasteiger partial charge in [0.15, 0.2) is 0 Å². The summed E-state index contributed by atoms with van der Waals surface area (Å²) in [5, 5.41) is 2.33. The summed E-state index contributed by atoms with van der Waals surface area (Å²) >= 11 is 0. The highest BCUT2D eigenvalue weighted by atomic mass is 19.1. The zero-order valence-electron chi connectivity index (χ0n) is 12.9. The van der Waals surface area contributed by atoms with Gasteiger partial charge >= 0.3 is 0 Å². The van der Waals surface area contributed by atoms with Crippen LogP contribution in [0.2, 0.25) is 0 Å². The minimum atomic E-state index is -0.872. The Labute approximate surface area is 142 Å². The highest BCUT2D eigenvalue weighted by Gasteiger charge is 2.13. The highest BCUT2D eigenvalue weighted by Crippen LogP contribution is 2.17. The lowest BCUT2D eigenvalue weighted by Gasteiger charge is -2.08. The molecule has 0 aliphatic heterocycles. The molecule has 2 aromatic carbocycles. The number of hydrogen-bond acceptors (Lipinski definition) is 4. The second-order valence-electron chi connectivity index (χ2n) is 5.09. The van der Waals surface area contributed by atoms with Gasteiger partial charge in [-0.15, -0.1) is 0 Å². The van der Waals surface area contributed by atoms with E-state index < -0.39 is 17.5 Å². The van der Waals surface area contributed by atoms with Gasteiger partial charge in [-0.05, 0) is 17.7 Å². The SMILES string of the molecule is O=C(Nc1ccc(F)cc1F)c1cc(OCc2ccccc2)ncn1. The van der Waals surface area contributed by atoms with Gasteiger partial charge < -0.3 is 10.1 Å². The summed E-state index contributed by atoms with van der Waals surface area (Å²) in [7, 11) is 0. The monoisotopic (exact) mass is 341 g/mol. The van der Waals surface area contributed by atoms with E-state index in [1.165, 1.54) is 12.4 Å². The molecule has 0 atom stereocenters. The average Bonchev–Trinajstić information content (AvgIpc) is 2.63. The number of amides is 1. The average molecular weight is 341 g/mol. The first-order valence-corrected chi connectivity index (χ1v) is 7.37. The highest BCUT2D eigenvalue weighted by molar-refractivity contribution is 6.03. The second-order valence-corrected chi connectivity index (χ2v) is 5.09. The van der Waals surface area contributed by atoms with Gasteiger partial charge in [-0.2, -0.15) is 0 Å². The van der Waals surface area contributed by atoms with Crippen molar-refractivity contribution in [1.82, 2.24) is 9.97 Å². The molecule has 25 heavy (non-hydrogen) atoms. The van der Waals surface area contributed by atoms with Crippen LogP contribution in [0.5, 0.6) is 5.88 Å². The maximum atomic E-state index is 13.6. The molecule has 0 saturated carbocycles. The van der Waals surface area contributed by atoms with Crippen molar-refractivity contribution < 1.29 is 18.3 Å². The van der Waals surface area contributed by atoms with Crippen LogP contribution in [0.4, 0.5) is 14.5 Å². The molecule has 0 fully saturated rings. The first-order chi connectivity index (χ1) is 12.1. The zero-order chi connectivity index (χ0) is 17.6. The van der Waals surface area contributed by atoms with Crippen molar-refractivity contribution >= 4 is 11.6 Å². The molecule has 3 aromatic rings. The van der Waals surface area contributed by atoms with E-state index in [1.807, 2.05) is 30.3 Å². The van der Waals surface area contributed by atoms with Gasteiger partial charge in [0, 0.05) is 12.1 Å². The van der Waals surface area contributed by atoms with Crippen LogP contribution in [-0.2, 0) is 6.61 Å². The first-order valence-electron chi connectivity index (χ1n) is 7.37. The number of carbonyl (C=O) groups is 1. The van der Waals surface area contributed by atoms with E-state index >= 15 is 0 Å². The van der Waals surface area contributed by atoms with Crippen LogP contribution in [0.3, 0.4) is 0 Å². The quantitative estimate of drug-likeness (QED) is 0.770. The third kappa shape index (κ3) is 4.35. The zero-order valence-corrected chi connectivity index (χ0v) is 12.9. The normalized spacial score (nSPS) is 10.3. The summed E-state index contributed by atoms with van der Waals surface area (Å²) in [5.41, 5.74) is 0.805. The van der Waals surface area contributed by atoms with Crippen LogP contribution in [0.1, 0.15) is 16.1 Å². The van der Waals surface area contributed by atoms with Crippen LogP contribution in [0.15, 0.2) is 60.9 Å². The maximum absolute atomic E-state index is 13.6. The van der Waals surface area contributed by atoms with Gasteiger partial charge in [-0.1, -0.05) is 30.3 Å². The Morgan fingerprint density at radius 1 is 1.04 bits per heavy atom. The Balaban J connectivity index is 1.69. The van der Waals surface area contributed by atoms with E-state index in [2.05, 4.69) is 15.3 Å². The molecule has 0 saturated heterocycles. The van der Waals surface area contributed by atoms with E-state index in [4.69, 9.17) is 4.74 Å². The summed E-state index contributed by atoms with van der Waals surface area (Å²) < 4.78 is 32.0. The Morgan fingerprint density at radius 3 is 2.60 bits per heavy atom. The molecule has 1 N–H and O–H groups in total. The van der Waals surface area contributed by atoms with E-state index in [-0.39, 0.29) is 23.9 Å². The van der Waals surface area contributed by atoms with Gasteiger partial charge in [0.2, 0.25) is 5.88 Å². The standard InChI is InChI=1S/C18H13F2N3O2/c19-13-6-7-15(14(20)8-13)23-18(24)16-9-17(22-11-21-16)25-10-12-4-2-1-3-5-12/h1-9,11H,10H2,(H,23,24). The van der Waals surface area contributed by atoms with Crippen LogP contribution < -0.4 is 10.1 Å². The van der Waals surface area contributed by atoms with Crippen molar-refractivity contribution in [3.05, 3.63) is 83.8 Å². The maximum Gasteiger partial charge on any atom is 0.274 e. The predicted octanol–water partition coefficient (Wildman–Crippen LogP) is 3.59. The largest absolute Gasteiger partial charge is 0.473 e. The van der Waals surface area contributed by atoms with Crippen molar-refractivity contribution in [1.29, 1.82) is 0 Å². The van der Waals surface area contributed by atoms with Gasteiger partial charge in [0.1, 0.15) is 30.3 Å². The summed E-state index contributed by atoms with van der Waals surface area (Å²) in [6.45, 7) is 0.283. The molecule has 0 aliphatic carbocycles. The minimum absolute atomic E-state index is 0.00165. The molecule has 0 unspecified atom stereocenters. The summed E-state index contributed by atoms with van der Waals surface area (Å²) in [6.07, 6.45) is 1.18. The van der Waals surface area contributed by atoms with Crippen molar-refractivity contribution in [3.63, 3.8) is 0 Å². The van der Waals surface area contributed by atoms with Gasteiger partial charge in [-0.25, -0.2) is 18.7 Å². The molecule has 0 bridgehead atoms. The van der Waals surface area contributed by atoms with Crippen molar-refractivity contribution in [2.45, 2.75) is 6.61 Å². The topological polar surface area (TPSA) is 64.1 Å². The first kappa shape index (κ1) is 16.5. The predicted molar refractivity (Wildman–Crippen MR) is 87.1 cm³/mol. The van der Waals surface area contributed by atoms with Crippen molar-refractivity contribution in [2.24, 2.45) is 0 Å². The van der Waals surface area contributed by atoms with E-state index in [0.717, 1.165) is 17.7 Å². The molecule has 5 nitrogen and oxygen atoms in total.